The monoisotopic (exact) mass is 293 g/mol. The van der Waals surface area contributed by atoms with Crippen LogP contribution in [0.1, 0.15) is 13.8 Å². The lowest BCUT2D eigenvalue weighted by Gasteiger charge is -2.23. The van der Waals surface area contributed by atoms with Crippen molar-refractivity contribution >= 4 is 34.9 Å². The van der Waals surface area contributed by atoms with Gasteiger partial charge in [-0.1, -0.05) is 23.2 Å². The van der Waals surface area contributed by atoms with Crippen LogP contribution in [0, 0.1) is 11.2 Å². The zero-order valence-corrected chi connectivity index (χ0v) is 11.8. The fourth-order valence-corrected chi connectivity index (χ4v) is 1.96. The van der Waals surface area contributed by atoms with Crippen molar-refractivity contribution in [2.45, 2.75) is 13.8 Å². The number of hydrogen-bond donors (Lipinski definition) is 1. The molecule has 0 fully saturated rings. The van der Waals surface area contributed by atoms with E-state index in [1.54, 1.807) is 13.8 Å². The van der Waals surface area contributed by atoms with E-state index in [1.165, 1.54) is 7.11 Å². The molecule has 3 nitrogen and oxygen atoms in total. The first-order chi connectivity index (χ1) is 8.27. The number of rotatable bonds is 4. The van der Waals surface area contributed by atoms with E-state index in [9.17, 15) is 9.18 Å². The second kappa shape index (κ2) is 5.76. The number of benzene rings is 1. The molecule has 1 aromatic carbocycles. The van der Waals surface area contributed by atoms with E-state index in [4.69, 9.17) is 23.2 Å². The summed E-state index contributed by atoms with van der Waals surface area (Å²) in [4.78, 5) is 11.5. The van der Waals surface area contributed by atoms with Gasteiger partial charge in [-0.2, -0.15) is 0 Å². The summed E-state index contributed by atoms with van der Waals surface area (Å²) >= 11 is 11.7. The minimum atomic E-state index is -0.740. The Morgan fingerprint density at radius 2 is 1.89 bits per heavy atom. The van der Waals surface area contributed by atoms with E-state index in [2.05, 4.69) is 10.1 Å². The number of esters is 1. The molecule has 0 heterocycles. The van der Waals surface area contributed by atoms with Crippen molar-refractivity contribution in [1.29, 1.82) is 0 Å². The average molecular weight is 294 g/mol. The van der Waals surface area contributed by atoms with Crippen LogP contribution in [-0.2, 0) is 9.53 Å². The molecular formula is C12H14Cl2FNO2. The van der Waals surface area contributed by atoms with Gasteiger partial charge in [0, 0.05) is 6.54 Å². The number of carbonyl (C=O) groups is 1. The molecule has 0 radical (unpaired) electrons. The van der Waals surface area contributed by atoms with Crippen molar-refractivity contribution in [3.05, 3.63) is 28.0 Å². The van der Waals surface area contributed by atoms with Gasteiger partial charge in [0.15, 0.2) is 0 Å². The zero-order valence-electron chi connectivity index (χ0n) is 10.3. The molecule has 100 valence electrons. The standard InChI is InChI=1S/C12H14Cl2FNO2/c1-12(2,11(17)18-3)6-16-10-8(13)4-7(15)5-9(10)14/h4-5,16H,6H2,1-3H3. The van der Waals surface area contributed by atoms with E-state index in [1.807, 2.05) is 0 Å². The molecule has 0 atom stereocenters. The maximum atomic E-state index is 13.0. The van der Waals surface area contributed by atoms with Crippen molar-refractivity contribution < 1.29 is 13.9 Å². The summed E-state index contributed by atoms with van der Waals surface area (Å²) in [5, 5.41) is 3.27. The van der Waals surface area contributed by atoms with Crippen LogP contribution < -0.4 is 5.32 Å². The third kappa shape index (κ3) is 3.50. The quantitative estimate of drug-likeness (QED) is 0.860. The number of nitrogens with one attached hydrogen (secondary N) is 1. The van der Waals surface area contributed by atoms with Gasteiger partial charge in [0.25, 0.3) is 0 Å². The van der Waals surface area contributed by atoms with Crippen LogP contribution in [0.25, 0.3) is 0 Å². The highest BCUT2D eigenvalue weighted by Crippen LogP contribution is 2.32. The summed E-state index contributed by atoms with van der Waals surface area (Å²) in [6.45, 7) is 3.71. The Morgan fingerprint density at radius 3 is 2.33 bits per heavy atom. The highest BCUT2D eigenvalue weighted by molar-refractivity contribution is 6.39. The predicted octanol–water partition coefficient (Wildman–Crippen LogP) is 3.74. The summed E-state index contributed by atoms with van der Waals surface area (Å²) in [5.74, 6) is -0.868. The lowest BCUT2D eigenvalue weighted by molar-refractivity contribution is -0.149. The fraction of sp³-hybridized carbons (Fsp3) is 0.417. The molecule has 1 aromatic rings. The Balaban J connectivity index is 2.84. The van der Waals surface area contributed by atoms with E-state index in [0.717, 1.165) is 12.1 Å². The van der Waals surface area contributed by atoms with Crippen molar-refractivity contribution in [3.63, 3.8) is 0 Å². The Bertz CT molecular complexity index is 440. The van der Waals surface area contributed by atoms with Crippen LogP contribution in [0.4, 0.5) is 10.1 Å². The van der Waals surface area contributed by atoms with Crippen LogP contribution >= 0.6 is 23.2 Å². The summed E-state index contributed by atoms with van der Waals surface area (Å²) in [6, 6.07) is 2.31. The van der Waals surface area contributed by atoms with Gasteiger partial charge in [-0.15, -0.1) is 0 Å². The molecule has 1 N–H and O–H groups in total. The van der Waals surface area contributed by atoms with E-state index in [0.29, 0.717) is 5.69 Å². The molecule has 0 spiro atoms. The third-order valence-corrected chi connectivity index (χ3v) is 3.05. The van der Waals surface area contributed by atoms with Crippen molar-refractivity contribution in [1.82, 2.24) is 0 Å². The summed E-state index contributed by atoms with van der Waals surface area (Å²) in [7, 11) is 1.32. The molecule has 0 saturated heterocycles. The molecule has 0 bridgehead atoms. The summed E-state index contributed by atoms with van der Waals surface area (Å²) in [6.07, 6.45) is 0. The molecule has 0 aromatic heterocycles. The first kappa shape index (κ1) is 15.1. The highest BCUT2D eigenvalue weighted by Gasteiger charge is 2.28. The van der Waals surface area contributed by atoms with Gasteiger partial charge >= 0.3 is 5.97 Å². The number of halogens is 3. The Morgan fingerprint density at radius 1 is 1.39 bits per heavy atom. The first-order valence-electron chi connectivity index (χ1n) is 5.25. The molecule has 6 heteroatoms. The van der Waals surface area contributed by atoms with Gasteiger partial charge < -0.3 is 10.1 Å². The van der Waals surface area contributed by atoms with Crippen molar-refractivity contribution in [2.24, 2.45) is 5.41 Å². The number of carbonyl (C=O) groups excluding carboxylic acids is 1. The second-order valence-electron chi connectivity index (χ2n) is 4.47. The average Bonchev–Trinajstić information content (AvgIpc) is 2.26. The lowest BCUT2D eigenvalue weighted by Crippen LogP contribution is -2.33. The van der Waals surface area contributed by atoms with Gasteiger partial charge in [0.1, 0.15) is 5.82 Å². The topological polar surface area (TPSA) is 38.3 Å². The fourth-order valence-electron chi connectivity index (χ4n) is 1.37. The van der Waals surface area contributed by atoms with Crippen LogP contribution in [-0.4, -0.2) is 19.6 Å². The van der Waals surface area contributed by atoms with E-state index in [-0.39, 0.29) is 22.6 Å². The Labute approximate surface area is 115 Å². The number of methoxy groups -OCH3 is 1. The maximum absolute atomic E-state index is 13.0. The molecule has 0 aliphatic rings. The van der Waals surface area contributed by atoms with Gasteiger partial charge in [0.2, 0.25) is 0 Å². The number of hydrogen-bond acceptors (Lipinski definition) is 3. The zero-order chi connectivity index (χ0) is 13.9. The predicted molar refractivity (Wildman–Crippen MR) is 70.7 cm³/mol. The van der Waals surface area contributed by atoms with Gasteiger partial charge in [-0.3, -0.25) is 4.79 Å². The largest absolute Gasteiger partial charge is 0.469 e. The molecular weight excluding hydrogens is 280 g/mol. The lowest BCUT2D eigenvalue weighted by atomic mass is 9.93. The molecule has 0 aliphatic carbocycles. The third-order valence-electron chi connectivity index (χ3n) is 2.45. The minimum absolute atomic E-state index is 0.167. The maximum Gasteiger partial charge on any atom is 0.313 e. The number of anilines is 1. The van der Waals surface area contributed by atoms with Crippen molar-refractivity contribution in [3.8, 4) is 0 Å². The smallest absolute Gasteiger partial charge is 0.313 e. The highest BCUT2D eigenvalue weighted by atomic mass is 35.5. The molecule has 1 rings (SSSR count). The molecule has 18 heavy (non-hydrogen) atoms. The van der Waals surface area contributed by atoms with Gasteiger partial charge in [-0.05, 0) is 26.0 Å². The van der Waals surface area contributed by atoms with Crippen molar-refractivity contribution in [2.75, 3.05) is 19.0 Å². The molecule has 0 saturated carbocycles. The normalized spacial score (nSPS) is 11.2. The number of ether oxygens (including phenoxy) is 1. The molecule has 0 unspecified atom stereocenters. The summed E-state index contributed by atoms with van der Waals surface area (Å²) < 4.78 is 17.7. The molecule has 0 aliphatic heterocycles. The Hall–Kier alpha value is -1.00. The summed E-state index contributed by atoms with van der Waals surface area (Å²) in [5.41, 5.74) is -0.341. The minimum Gasteiger partial charge on any atom is -0.469 e. The SMILES string of the molecule is COC(=O)C(C)(C)CNc1c(Cl)cc(F)cc1Cl. The molecule has 0 amide bonds. The van der Waals surface area contributed by atoms with Crippen LogP contribution in [0.5, 0.6) is 0 Å². The first-order valence-corrected chi connectivity index (χ1v) is 6.00. The second-order valence-corrected chi connectivity index (χ2v) is 5.29. The van der Waals surface area contributed by atoms with Crippen LogP contribution in [0.2, 0.25) is 10.0 Å². The van der Waals surface area contributed by atoms with Gasteiger partial charge in [0.05, 0.1) is 28.3 Å². The van der Waals surface area contributed by atoms with Crippen LogP contribution in [0.3, 0.4) is 0 Å². The van der Waals surface area contributed by atoms with E-state index < -0.39 is 11.2 Å². The van der Waals surface area contributed by atoms with E-state index >= 15 is 0 Å². The van der Waals surface area contributed by atoms with Gasteiger partial charge in [-0.25, -0.2) is 4.39 Å². The Kier molecular flexibility index (Phi) is 4.82. The van der Waals surface area contributed by atoms with Crippen LogP contribution in [0.15, 0.2) is 12.1 Å².